The second-order valence-corrected chi connectivity index (χ2v) is 12.8. The molecule has 0 saturated heterocycles. The Hall–Kier alpha value is -8.85. The van der Waals surface area contributed by atoms with Crippen molar-refractivity contribution in [1.82, 2.24) is 29.9 Å². The van der Waals surface area contributed by atoms with E-state index in [1.165, 1.54) is 24.5 Å². The average molecular weight is 853 g/mol. The number of amides is 2. The highest BCUT2D eigenvalue weighted by atomic mass is 35.5. The van der Waals surface area contributed by atoms with Crippen molar-refractivity contribution >= 4 is 52.1 Å². The number of nitrogens with zero attached hydrogens (tertiary/aromatic N) is 8. The van der Waals surface area contributed by atoms with Gasteiger partial charge in [-0.2, -0.15) is 10.5 Å². The maximum Gasteiger partial charge on any atom is 0.274 e. The number of hydrogen-bond donors (Lipinski definition) is 4. The van der Waals surface area contributed by atoms with Crippen LogP contribution in [0.15, 0.2) is 171 Å². The van der Waals surface area contributed by atoms with Crippen molar-refractivity contribution in [2.75, 3.05) is 21.7 Å². The first kappa shape index (κ1) is 46.8. The standard InChI is InChI=1S/C23H16N6O.C16H11ClN4O.C7H6N2.2CH4/c24-14-16-6-8-18(9-7-16)27-23-26-13-11-20(29-23)22(30)28-21-15-25-12-10-19(21)17-4-2-1-3-5-17;17-16-19-9-7-13(21-16)15(22)20-14-10-18-8-6-12(14)11-4-2-1-3-5-11;8-5-6-1-3-7(9)4-2-6;;/h1-13,15H,(H,28,30)(H,26,27,29);1-10H,(H,20,22);1-4H,9H2;2*1H4. The van der Waals surface area contributed by atoms with Gasteiger partial charge < -0.3 is 21.7 Å². The topological polar surface area (TPSA) is 221 Å². The van der Waals surface area contributed by atoms with Gasteiger partial charge in [0.1, 0.15) is 11.4 Å². The molecular weight excluding hydrogens is 812 g/mol. The Bertz CT molecular complexity index is 2810. The van der Waals surface area contributed by atoms with Gasteiger partial charge in [-0.05, 0) is 95.5 Å². The number of benzene rings is 4. The zero-order chi connectivity index (χ0) is 42.8. The second-order valence-electron chi connectivity index (χ2n) is 12.5. The number of rotatable bonds is 8. The van der Waals surface area contributed by atoms with Crippen molar-refractivity contribution in [3.63, 3.8) is 0 Å². The normalized spacial score (nSPS) is 9.57. The van der Waals surface area contributed by atoms with Crippen LogP contribution in [0.1, 0.15) is 47.0 Å². The first-order valence-electron chi connectivity index (χ1n) is 18.3. The van der Waals surface area contributed by atoms with E-state index < -0.39 is 0 Å². The second kappa shape index (κ2) is 23.7. The zero-order valence-corrected chi connectivity index (χ0v) is 32.8. The number of anilines is 5. The average Bonchev–Trinajstić information content (AvgIpc) is 3.31. The summed E-state index contributed by atoms with van der Waals surface area (Å²) in [4.78, 5) is 49.3. The van der Waals surface area contributed by atoms with Gasteiger partial charge in [0, 0.05) is 47.3 Å². The molecule has 63 heavy (non-hydrogen) atoms. The Morgan fingerprint density at radius 2 is 1.02 bits per heavy atom. The summed E-state index contributed by atoms with van der Waals surface area (Å²) in [6.45, 7) is 0. The lowest BCUT2D eigenvalue weighted by atomic mass is 10.1. The Labute approximate surface area is 370 Å². The van der Waals surface area contributed by atoms with Crippen molar-refractivity contribution in [3.05, 3.63) is 198 Å². The lowest BCUT2D eigenvalue weighted by Crippen LogP contribution is -2.15. The Kier molecular flexibility index (Phi) is 17.6. The van der Waals surface area contributed by atoms with Crippen molar-refractivity contribution in [3.8, 4) is 34.4 Å². The van der Waals surface area contributed by atoms with Crippen molar-refractivity contribution in [2.24, 2.45) is 0 Å². The molecule has 8 aromatic rings. The van der Waals surface area contributed by atoms with E-state index in [0.29, 0.717) is 33.9 Å². The molecule has 0 radical (unpaired) electrons. The van der Waals surface area contributed by atoms with Gasteiger partial charge in [0.15, 0.2) is 0 Å². The minimum Gasteiger partial charge on any atom is -0.399 e. The number of halogens is 1. The maximum absolute atomic E-state index is 12.8. The van der Waals surface area contributed by atoms with E-state index in [9.17, 15) is 9.59 Å². The quantitative estimate of drug-likeness (QED) is 0.0828. The molecule has 0 fully saturated rings. The van der Waals surface area contributed by atoms with Crippen molar-refractivity contribution in [2.45, 2.75) is 14.9 Å². The van der Waals surface area contributed by atoms with Crippen molar-refractivity contribution in [1.29, 1.82) is 10.5 Å². The number of nitrogens with one attached hydrogen (secondary N) is 3. The third-order valence-electron chi connectivity index (χ3n) is 8.37. The summed E-state index contributed by atoms with van der Waals surface area (Å²) < 4.78 is 0. The molecule has 0 aliphatic carbocycles. The number of carbonyl (C=O) groups is 2. The van der Waals surface area contributed by atoms with E-state index in [0.717, 1.165) is 22.3 Å². The van der Waals surface area contributed by atoms with Gasteiger partial charge in [0.05, 0.1) is 47.0 Å². The summed E-state index contributed by atoms with van der Waals surface area (Å²) in [5, 5.41) is 26.0. The van der Waals surface area contributed by atoms with Gasteiger partial charge >= 0.3 is 0 Å². The molecule has 4 heterocycles. The molecule has 5 N–H and O–H groups in total. The third-order valence-corrected chi connectivity index (χ3v) is 8.55. The Morgan fingerprint density at radius 3 is 1.49 bits per heavy atom. The lowest BCUT2D eigenvalue weighted by molar-refractivity contribution is 0.101. The molecule has 0 aliphatic heterocycles. The van der Waals surface area contributed by atoms with Crippen molar-refractivity contribution < 1.29 is 9.59 Å². The molecular formula is C48H41ClN12O2. The molecule has 0 saturated carbocycles. The fourth-order valence-corrected chi connectivity index (χ4v) is 5.57. The number of nitriles is 2. The highest BCUT2D eigenvalue weighted by Gasteiger charge is 2.14. The molecule has 0 bridgehead atoms. The first-order valence-corrected chi connectivity index (χ1v) is 18.6. The largest absolute Gasteiger partial charge is 0.399 e. The summed E-state index contributed by atoms with van der Waals surface area (Å²) >= 11 is 5.70. The molecule has 312 valence electrons. The van der Waals surface area contributed by atoms with Crippen LogP contribution in [0.25, 0.3) is 22.3 Å². The molecule has 0 unspecified atom stereocenters. The smallest absolute Gasteiger partial charge is 0.274 e. The SMILES string of the molecule is C.C.N#Cc1ccc(N)cc1.N#Cc1ccc(Nc2nccc(C(=O)Nc3cnccc3-c3ccccc3)n2)cc1.O=C(Nc1cnccc1-c1ccccc1)c1ccnc(Cl)n1. The van der Waals surface area contributed by atoms with Crippen LogP contribution in [-0.2, 0) is 0 Å². The monoisotopic (exact) mass is 852 g/mol. The number of carbonyl (C=O) groups excluding carboxylic acids is 2. The van der Waals surface area contributed by atoms with E-state index in [1.54, 1.807) is 73.3 Å². The molecule has 15 heteroatoms. The van der Waals surface area contributed by atoms with Gasteiger partial charge in [0.25, 0.3) is 11.8 Å². The van der Waals surface area contributed by atoms with Crippen LogP contribution < -0.4 is 21.7 Å². The first-order chi connectivity index (χ1) is 29.8. The number of hydrogen-bond acceptors (Lipinski definition) is 12. The van der Waals surface area contributed by atoms with Gasteiger partial charge in [-0.25, -0.2) is 19.9 Å². The van der Waals surface area contributed by atoms with Gasteiger partial charge in [0.2, 0.25) is 11.2 Å². The van der Waals surface area contributed by atoms with Crippen LogP contribution in [0.4, 0.5) is 28.7 Å². The van der Waals surface area contributed by atoms with E-state index >= 15 is 0 Å². The van der Waals surface area contributed by atoms with Crippen LogP contribution in [0, 0.1) is 22.7 Å². The van der Waals surface area contributed by atoms with Crippen LogP contribution in [0.3, 0.4) is 0 Å². The number of aromatic nitrogens is 6. The highest BCUT2D eigenvalue weighted by molar-refractivity contribution is 6.28. The summed E-state index contributed by atoms with van der Waals surface area (Å²) in [7, 11) is 0. The minimum absolute atomic E-state index is 0. The summed E-state index contributed by atoms with van der Waals surface area (Å²) in [6.07, 6.45) is 9.52. The van der Waals surface area contributed by atoms with Crippen LogP contribution in [0.2, 0.25) is 5.28 Å². The Morgan fingerprint density at radius 1 is 0.556 bits per heavy atom. The molecule has 0 aliphatic rings. The summed E-state index contributed by atoms with van der Waals surface area (Å²) in [5.74, 6) is -0.457. The fourth-order valence-electron chi connectivity index (χ4n) is 5.42. The molecule has 14 nitrogen and oxygen atoms in total. The van der Waals surface area contributed by atoms with Gasteiger partial charge in [-0.3, -0.25) is 19.6 Å². The van der Waals surface area contributed by atoms with E-state index in [1.807, 2.05) is 78.9 Å². The number of nitrogen functional groups attached to an aromatic ring is 1. The lowest BCUT2D eigenvalue weighted by Gasteiger charge is -2.11. The van der Waals surface area contributed by atoms with E-state index in [2.05, 4.69) is 51.9 Å². The third kappa shape index (κ3) is 13.6. The fraction of sp³-hybridized carbons (Fsp3) is 0.0417. The van der Waals surface area contributed by atoms with Crippen LogP contribution >= 0.6 is 11.6 Å². The molecule has 4 aromatic carbocycles. The molecule has 2 amide bonds. The maximum atomic E-state index is 12.8. The predicted octanol–water partition coefficient (Wildman–Crippen LogP) is 10.3. The van der Waals surface area contributed by atoms with Crippen LogP contribution in [-0.4, -0.2) is 41.7 Å². The molecule has 0 spiro atoms. The predicted molar refractivity (Wildman–Crippen MR) is 248 cm³/mol. The summed E-state index contributed by atoms with van der Waals surface area (Å²) in [5.41, 5.74) is 13.3. The van der Waals surface area contributed by atoms with Gasteiger partial charge in [-0.15, -0.1) is 0 Å². The number of nitrogens with two attached hydrogens (primary N) is 1. The zero-order valence-electron chi connectivity index (χ0n) is 32.0. The summed E-state index contributed by atoms with van der Waals surface area (Å²) in [6, 6.07) is 43.9. The molecule has 4 aromatic heterocycles. The minimum atomic E-state index is -0.370. The van der Waals surface area contributed by atoms with Crippen LogP contribution in [0.5, 0.6) is 0 Å². The van der Waals surface area contributed by atoms with E-state index in [4.69, 9.17) is 27.9 Å². The molecule has 8 rings (SSSR count). The molecule has 0 atom stereocenters. The highest BCUT2D eigenvalue weighted by Crippen LogP contribution is 2.28. The van der Waals surface area contributed by atoms with Gasteiger partial charge in [-0.1, -0.05) is 75.5 Å². The Balaban J connectivity index is 0.000000231. The number of pyridine rings is 2. The van der Waals surface area contributed by atoms with E-state index in [-0.39, 0.29) is 49.3 Å².